The maximum Gasteiger partial charge on any atom is -0.00430 e. The Balaban J connectivity index is 2.02. The van der Waals surface area contributed by atoms with Gasteiger partial charge in [0.25, 0.3) is 0 Å². The van der Waals surface area contributed by atoms with Crippen LogP contribution in [0.1, 0.15) is 49.7 Å². The minimum Gasteiger partial charge on any atom is -0.330 e. The summed E-state index contributed by atoms with van der Waals surface area (Å²) >= 11 is 0. The minimum absolute atomic E-state index is 0.684. The normalized spacial score (nSPS) is 19.4. The molecule has 0 radical (unpaired) electrons. The van der Waals surface area contributed by atoms with E-state index < -0.39 is 0 Å². The van der Waals surface area contributed by atoms with Gasteiger partial charge in [-0.2, -0.15) is 0 Å². The predicted octanol–water partition coefficient (Wildman–Crippen LogP) is 4.08. The molecule has 1 nitrogen and oxygen atoms in total. The fourth-order valence-electron chi connectivity index (χ4n) is 3.35. The highest BCUT2D eigenvalue weighted by Crippen LogP contribution is 2.31. The van der Waals surface area contributed by atoms with Crippen molar-refractivity contribution in [3.8, 4) is 0 Å². The Morgan fingerprint density at radius 1 is 1.11 bits per heavy atom. The molecule has 18 heavy (non-hydrogen) atoms. The molecule has 2 N–H and O–H groups in total. The summed E-state index contributed by atoms with van der Waals surface area (Å²) in [6, 6.07) is 8.77. The van der Waals surface area contributed by atoms with Crippen molar-refractivity contribution in [3.05, 3.63) is 35.4 Å². The molecule has 0 spiro atoms. The van der Waals surface area contributed by atoms with Crippen LogP contribution in [0, 0.1) is 18.8 Å². The molecule has 1 fully saturated rings. The largest absolute Gasteiger partial charge is 0.330 e. The zero-order chi connectivity index (χ0) is 12.8. The third kappa shape index (κ3) is 3.58. The summed E-state index contributed by atoms with van der Waals surface area (Å²) < 4.78 is 0. The van der Waals surface area contributed by atoms with Gasteiger partial charge in [-0.3, -0.25) is 0 Å². The Kier molecular flexibility index (Phi) is 5.25. The van der Waals surface area contributed by atoms with Crippen LogP contribution in [-0.4, -0.2) is 6.54 Å². The second kappa shape index (κ2) is 6.94. The third-order valence-corrected chi connectivity index (χ3v) is 4.61. The molecule has 1 aromatic carbocycles. The number of benzene rings is 1. The first-order valence-corrected chi connectivity index (χ1v) is 7.56. The predicted molar refractivity (Wildman–Crippen MR) is 78.6 cm³/mol. The van der Waals surface area contributed by atoms with Crippen molar-refractivity contribution in [1.82, 2.24) is 0 Å². The highest BCUT2D eigenvalue weighted by molar-refractivity contribution is 5.26. The van der Waals surface area contributed by atoms with Crippen LogP contribution >= 0.6 is 0 Å². The summed E-state index contributed by atoms with van der Waals surface area (Å²) in [6.45, 7) is 3.06. The average Bonchev–Trinajstić information content (AvgIpc) is 2.67. The second-order valence-corrected chi connectivity index (χ2v) is 5.88. The molecule has 1 aromatic rings. The number of hydrogen-bond acceptors (Lipinski definition) is 1. The van der Waals surface area contributed by atoms with Gasteiger partial charge in [0.15, 0.2) is 0 Å². The maximum atomic E-state index is 6.05. The van der Waals surface area contributed by atoms with Crippen LogP contribution in [0.25, 0.3) is 0 Å². The van der Waals surface area contributed by atoms with Crippen LogP contribution < -0.4 is 5.73 Å². The van der Waals surface area contributed by atoms with Crippen LogP contribution in [-0.2, 0) is 6.42 Å². The highest BCUT2D eigenvalue weighted by Gasteiger charge is 2.22. The first-order valence-electron chi connectivity index (χ1n) is 7.56. The number of nitrogens with two attached hydrogens (primary N) is 1. The molecule has 1 unspecified atom stereocenters. The smallest absolute Gasteiger partial charge is 0.00430 e. The van der Waals surface area contributed by atoms with Gasteiger partial charge in [0, 0.05) is 0 Å². The lowest BCUT2D eigenvalue weighted by Gasteiger charge is -2.25. The molecule has 0 amide bonds. The highest BCUT2D eigenvalue weighted by atomic mass is 14.6. The van der Waals surface area contributed by atoms with Crippen LogP contribution in [0.5, 0.6) is 0 Å². The van der Waals surface area contributed by atoms with Crippen LogP contribution in [0.4, 0.5) is 0 Å². The van der Waals surface area contributed by atoms with Gasteiger partial charge in [-0.25, -0.2) is 0 Å². The summed E-state index contributed by atoms with van der Waals surface area (Å²) in [5.41, 5.74) is 8.97. The molecule has 2 rings (SSSR count). The lowest BCUT2D eigenvalue weighted by atomic mass is 9.81. The van der Waals surface area contributed by atoms with E-state index in [9.17, 15) is 0 Å². The fraction of sp³-hybridized carbons (Fsp3) is 0.647. The summed E-state index contributed by atoms with van der Waals surface area (Å²) in [5.74, 6) is 1.54. The SMILES string of the molecule is Cc1ccccc1CC(CN)C1CCCCCC1. The molecule has 0 heterocycles. The monoisotopic (exact) mass is 245 g/mol. The molecule has 0 bridgehead atoms. The van der Waals surface area contributed by atoms with Gasteiger partial charge in [0.1, 0.15) is 0 Å². The van der Waals surface area contributed by atoms with E-state index in [0.717, 1.165) is 12.5 Å². The fourth-order valence-corrected chi connectivity index (χ4v) is 3.35. The van der Waals surface area contributed by atoms with Crippen LogP contribution in [0.2, 0.25) is 0 Å². The van der Waals surface area contributed by atoms with Gasteiger partial charge >= 0.3 is 0 Å². The molecule has 0 aliphatic heterocycles. The van der Waals surface area contributed by atoms with Crippen molar-refractivity contribution >= 4 is 0 Å². The van der Waals surface area contributed by atoms with Crippen molar-refractivity contribution < 1.29 is 0 Å². The van der Waals surface area contributed by atoms with E-state index in [2.05, 4.69) is 31.2 Å². The molecule has 1 saturated carbocycles. The first-order chi connectivity index (χ1) is 8.81. The lowest BCUT2D eigenvalue weighted by Crippen LogP contribution is -2.25. The molecule has 1 heteroatoms. The van der Waals surface area contributed by atoms with Gasteiger partial charge in [-0.05, 0) is 42.9 Å². The quantitative estimate of drug-likeness (QED) is 0.795. The summed E-state index contributed by atoms with van der Waals surface area (Å²) in [4.78, 5) is 0. The Morgan fingerprint density at radius 3 is 2.39 bits per heavy atom. The molecule has 100 valence electrons. The molecule has 1 atom stereocenters. The van der Waals surface area contributed by atoms with E-state index in [1.807, 2.05) is 0 Å². The van der Waals surface area contributed by atoms with Crippen molar-refractivity contribution in [2.45, 2.75) is 51.9 Å². The molecule has 1 aliphatic rings. The Labute approximate surface area is 112 Å². The maximum absolute atomic E-state index is 6.05. The van der Waals surface area contributed by atoms with Crippen LogP contribution in [0.3, 0.4) is 0 Å². The summed E-state index contributed by atoms with van der Waals surface area (Å²) in [6.07, 6.45) is 9.65. The van der Waals surface area contributed by atoms with Crippen molar-refractivity contribution in [3.63, 3.8) is 0 Å². The van der Waals surface area contributed by atoms with Gasteiger partial charge in [-0.1, -0.05) is 62.8 Å². The topological polar surface area (TPSA) is 26.0 Å². The molecular weight excluding hydrogens is 218 g/mol. The van der Waals surface area contributed by atoms with Gasteiger partial charge in [0.2, 0.25) is 0 Å². The van der Waals surface area contributed by atoms with Crippen molar-refractivity contribution in [1.29, 1.82) is 0 Å². The van der Waals surface area contributed by atoms with Crippen molar-refractivity contribution in [2.24, 2.45) is 17.6 Å². The zero-order valence-electron chi connectivity index (χ0n) is 11.7. The Hall–Kier alpha value is -0.820. The minimum atomic E-state index is 0.684. The second-order valence-electron chi connectivity index (χ2n) is 5.88. The first kappa shape index (κ1) is 13.6. The average molecular weight is 245 g/mol. The molecule has 0 saturated heterocycles. The molecule has 0 aromatic heterocycles. The number of aryl methyl sites for hydroxylation is 1. The third-order valence-electron chi connectivity index (χ3n) is 4.61. The van der Waals surface area contributed by atoms with E-state index in [1.54, 1.807) is 0 Å². The van der Waals surface area contributed by atoms with E-state index in [1.165, 1.54) is 56.1 Å². The summed E-state index contributed by atoms with van der Waals surface area (Å²) in [5, 5.41) is 0. The van der Waals surface area contributed by atoms with Crippen molar-refractivity contribution in [2.75, 3.05) is 6.54 Å². The van der Waals surface area contributed by atoms with Gasteiger partial charge in [-0.15, -0.1) is 0 Å². The molecule has 1 aliphatic carbocycles. The zero-order valence-corrected chi connectivity index (χ0v) is 11.7. The number of hydrogen-bond donors (Lipinski definition) is 1. The lowest BCUT2D eigenvalue weighted by molar-refractivity contribution is 0.302. The Bertz CT molecular complexity index is 350. The van der Waals surface area contributed by atoms with E-state index >= 15 is 0 Å². The Morgan fingerprint density at radius 2 is 1.78 bits per heavy atom. The standard InChI is InChI=1S/C17H27N/c1-14-8-6-7-11-16(14)12-17(13-18)15-9-4-2-3-5-10-15/h6-8,11,15,17H,2-5,9-10,12-13,18H2,1H3. The van der Waals surface area contributed by atoms with Crippen LogP contribution in [0.15, 0.2) is 24.3 Å². The van der Waals surface area contributed by atoms with E-state index in [4.69, 9.17) is 5.73 Å². The summed E-state index contributed by atoms with van der Waals surface area (Å²) in [7, 11) is 0. The van der Waals surface area contributed by atoms with E-state index in [0.29, 0.717) is 5.92 Å². The van der Waals surface area contributed by atoms with E-state index in [-0.39, 0.29) is 0 Å². The number of rotatable bonds is 4. The van der Waals surface area contributed by atoms with Gasteiger partial charge < -0.3 is 5.73 Å². The van der Waals surface area contributed by atoms with Gasteiger partial charge in [0.05, 0.1) is 0 Å². The molecular formula is C17H27N.